The summed E-state index contributed by atoms with van der Waals surface area (Å²) < 4.78 is 17.9. The maximum Gasteiger partial charge on any atom is 0.319 e. The Balaban J connectivity index is 2.18. The summed E-state index contributed by atoms with van der Waals surface area (Å²) in [6.07, 6.45) is 0.468. The molecule has 0 unspecified atom stereocenters. The molecule has 0 bridgehead atoms. The first-order chi connectivity index (χ1) is 12.8. The van der Waals surface area contributed by atoms with E-state index in [2.05, 4.69) is 15.3 Å². The minimum absolute atomic E-state index is 0.136. The molecule has 0 aliphatic rings. The molecule has 8 nitrogen and oxygen atoms in total. The lowest BCUT2D eigenvalue weighted by Crippen LogP contribution is -2.24. The number of aromatic amines is 1. The molecule has 0 saturated heterocycles. The normalized spacial score (nSPS) is 11.7. The second-order valence-corrected chi connectivity index (χ2v) is 6.55. The van der Waals surface area contributed by atoms with Crippen molar-refractivity contribution in [3.63, 3.8) is 0 Å². The van der Waals surface area contributed by atoms with Crippen molar-refractivity contribution in [2.45, 2.75) is 30.7 Å². The smallest absolute Gasteiger partial charge is 0.319 e. The van der Waals surface area contributed by atoms with Crippen LogP contribution in [-0.4, -0.2) is 33.7 Å². The lowest BCUT2D eigenvalue weighted by Gasteiger charge is -2.13. The number of nitrogens with one attached hydrogen (secondary N) is 2. The Kier molecular flexibility index (Phi) is 6.94. The molecule has 1 heterocycles. The number of H-pyrrole nitrogens is 1. The van der Waals surface area contributed by atoms with Crippen LogP contribution in [0.15, 0.2) is 34.2 Å². The molecular formula is C17H19FN4O4S. The van der Waals surface area contributed by atoms with Crippen molar-refractivity contribution in [3.8, 4) is 0 Å². The zero-order valence-electron chi connectivity index (χ0n) is 14.7. The van der Waals surface area contributed by atoms with Gasteiger partial charge in [0.1, 0.15) is 16.8 Å². The van der Waals surface area contributed by atoms with Crippen LogP contribution in [0.5, 0.6) is 0 Å². The predicted molar refractivity (Wildman–Crippen MR) is 100 cm³/mol. The summed E-state index contributed by atoms with van der Waals surface area (Å²) in [5.41, 5.74) is 5.05. The summed E-state index contributed by atoms with van der Waals surface area (Å²) in [6, 6.07) is 4.80. The molecule has 0 fully saturated rings. The van der Waals surface area contributed by atoms with Gasteiger partial charge in [0.2, 0.25) is 0 Å². The first-order valence-corrected chi connectivity index (χ1v) is 9.03. The number of rotatable bonds is 7. The Bertz CT molecular complexity index is 885. The van der Waals surface area contributed by atoms with Crippen molar-refractivity contribution in [1.82, 2.24) is 9.97 Å². The van der Waals surface area contributed by atoms with Gasteiger partial charge in [-0.3, -0.25) is 19.4 Å². The molecule has 0 aliphatic carbocycles. The van der Waals surface area contributed by atoms with Crippen molar-refractivity contribution in [3.05, 3.63) is 46.0 Å². The number of nitrogens with two attached hydrogens (primary N) is 1. The summed E-state index contributed by atoms with van der Waals surface area (Å²) in [7, 11) is 0. The van der Waals surface area contributed by atoms with Crippen LogP contribution < -0.4 is 16.6 Å². The number of nitrogens with zero attached hydrogens (tertiary/aromatic N) is 1. The highest BCUT2D eigenvalue weighted by atomic mass is 32.2. The molecule has 2 rings (SSSR count). The van der Waals surface area contributed by atoms with Crippen molar-refractivity contribution < 1.29 is 18.7 Å². The van der Waals surface area contributed by atoms with Crippen molar-refractivity contribution in [2.75, 3.05) is 17.7 Å². The van der Waals surface area contributed by atoms with Gasteiger partial charge in [0, 0.05) is 5.56 Å². The van der Waals surface area contributed by atoms with Gasteiger partial charge >= 0.3 is 5.97 Å². The van der Waals surface area contributed by atoms with E-state index in [4.69, 9.17) is 10.5 Å². The molecule has 10 heteroatoms. The van der Waals surface area contributed by atoms with Crippen LogP contribution in [-0.2, 0) is 9.53 Å². The van der Waals surface area contributed by atoms with Crippen LogP contribution in [0.1, 0.15) is 30.6 Å². The molecule has 4 N–H and O–H groups in total. The lowest BCUT2D eigenvalue weighted by atomic mass is 10.2. The number of benzene rings is 1. The fourth-order valence-electron chi connectivity index (χ4n) is 2.10. The van der Waals surface area contributed by atoms with E-state index < -0.39 is 28.5 Å². The van der Waals surface area contributed by atoms with Crippen molar-refractivity contribution >= 4 is 35.1 Å². The molecule has 1 atom stereocenters. The molecule has 0 aliphatic heterocycles. The quantitative estimate of drug-likeness (QED) is 0.373. The average Bonchev–Trinajstić information content (AvgIpc) is 2.63. The van der Waals surface area contributed by atoms with Crippen LogP contribution in [0.2, 0.25) is 0 Å². The number of hydrogen-bond acceptors (Lipinski definition) is 7. The van der Waals surface area contributed by atoms with E-state index in [1.54, 1.807) is 13.8 Å². The molecule has 1 aromatic heterocycles. The molecule has 1 aromatic carbocycles. The lowest BCUT2D eigenvalue weighted by molar-refractivity contribution is -0.142. The zero-order chi connectivity index (χ0) is 20.0. The topological polar surface area (TPSA) is 127 Å². The highest BCUT2D eigenvalue weighted by Crippen LogP contribution is 2.24. The number of amides is 1. The number of halogens is 1. The molecule has 0 radical (unpaired) electrons. The van der Waals surface area contributed by atoms with Gasteiger partial charge in [-0.05, 0) is 37.6 Å². The van der Waals surface area contributed by atoms with Gasteiger partial charge in [-0.15, -0.1) is 0 Å². The summed E-state index contributed by atoms with van der Waals surface area (Å²) in [5.74, 6) is -1.73. The highest BCUT2D eigenvalue weighted by Gasteiger charge is 2.22. The van der Waals surface area contributed by atoms with E-state index in [-0.39, 0.29) is 28.8 Å². The number of carbonyl (C=O) groups is 2. The predicted octanol–water partition coefficient (Wildman–Crippen LogP) is 2.18. The first-order valence-electron chi connectivity index (χ1n) is 8.15. The standard InChI is InChI=1S/C17H19FN4O4S/c1-3-11(16(25)26-4-2)27-17-21-13(19)12(15(24)22-17)20-14(23)9-5-7-10(18)8-6-9/h5-8,11H,3-4H2,1-2H3,(H,20,23)(H3,19,21,22,24)/t11-/m0/s1. The van der Waals surface area contributed by atoms with Gasteiger partial charge in [0.15, 0.2) is 11.0 Å². The number of thioether (sulfide) groups is 1. The van der Waals surface area contributed by atoms with Gasteiger partial charge < -0.3 is 15.8 Å². The number of hydrogen-bond donors (Lipinski definition) is 3. The Morgan fingerprint density at radius 3 is 2.56 bits per heavy atom. The SMILES string of the molecule is CCOC(=O)[C@H](CC)Sc1nc(N)c(NC(=O)c2ccc(F)cc2)c(=O)[nH]1. The third-order valence-electron chi connectivity index (χ3n) is 3.44. The Labute approximate surface area is 158 Å². The highest BCUT2D eigenvalue weighted by molar-refractivity contribution is 8.00. The van der Waals surface area contributed by atoms with Crippen LogP contribution in [0.4, 0.5) is 15.9 Å². The summed E-state index contributed by atoms with van der Waals surface area (Å²) in [6.45, 7) is 3.75. The molecular weight excluding hydrogens is 375 g/mol. The molecule has 2 aromatic rings. The van der Waals surface area contributed by atoms with E-state index in [0.29, 0.717) is 6.42 Å². The Morgan fingerprint density at radius 1 is 1.33 bits per heavy atom. The maximum absolute atomic E-state index is 12.9. The molecule has 144 valence electrons. The number of aromatic nitrogens is 2. The fourth-order valence-corrected chi connectivity index (χ4v) is 3.00. The minimum Gasteiger partial charge on any atom is -0.465 e. The summed E-state index contributed by atoms with van der Waals surface area (Å²) in [5, 5.41) is 1.95. The van der Waals surface area contributed by atoms with Gasteiger partial charge in [0.25, 0.3) is 11.5 Å². The van der Waals surface area contributed by atoms with Crippen LogP contribution in [0, 0.1) is 5.82 Å². The van der Waals surface area contributed by atoms with Gasteiger partial charge in [-0.25, -0.2) is 9.37 Å². The summed E-state index contributed by atoms with van der Waals surface area (Å²) >= 11 is 1.02. The van der Waals surface area contributed by atoms with Crippen LogP contribution in [0.25, 0.3) is 0 Å². The monoisotopic (exact) mass is 394 g/mol. The Hall–Kier alpha value is -2.88. The summed E-state index contributed by atoms with van der Waals surface area (Å²) in [4.78, 5) is 42.8. The van der Waals surface area contributed by atoms with E-state index >= 15 is 0 Å². The third-order valence-corrected chi connectivity index (χ3v) is 4.67. The number of nitrogen functional groups attached to an aromatic ring is 1. The molecule has 1 amide bonds. The van der Waals surface area contributed by atoms with Crippen LogP contribution >= 0.6 is 11.8 Å². The molecule has 0 spiro atoms. The second-order valence-electron chi connectivity index (χ2n) is 5.36. The largest absolute Gasteiger partial charge is 0.465 e. The van der Waals surface area contributed by atoms with E-state index in [9.17, 15) is 18.8 Å². The minimum atomic E-state index is -0.667. The molecule has 27 heavy (non-hydrogen) atoms. The maximum atomic E-state index is 12.9. The number of esters is 1. The zero-order valence-corrected chi connectivity index (χ0v) is 15.6. The fraction of sp³-hybridized carbons (Fsp3) is 0.294. The van der Waals surface area contributed by atoms with E-state index in [0.717, 1.165) is 23.9 Å². The van der Waals surface area contributed by atoms with Gasteiger partial charge in [-0.1, -0.05) is 18.7 Å². The first kappa shape index (κ1) is 20.4. The second kappa shape index (κ2) is 9.17. The Morgan fingerprint density at radius 2 is 2.00 bits per heavy atom. The van der Waals surface area contributed by atoms with E-state index in [1.807, 2.05) is 0 Å². The number of carbonyl (C=O) groups excluding carboxylic acids is 2. The van der Waals surface area contributed by atoms with Gasteiger partial charge in [0.05, 0.1) is 6.61 Å². The van der Waals surface area contributed by atoms with Crippen molar-refractivity contribution in [2.24, 2.45) is 0 Å². The number of anilines is 2. The average molecular weight is 394 g/mol. The number of ether oxygens (including phenoxy) is 1. The van der Waals surface area contributed by atoms with Crippen LogP contribution in [0.3, 0.4) is 0 Å². The van der Waals surface area contributed by atoms with E-state index in [1.165, 1.54) is 12.1 Å². The van der Waals surface area contributed by atoms with Crippen molar-refractivity contribution in [1.29, 1.82) is 0 Å². The van der Waals surface area contributed by atoms with Gasteiger partial charge in [-0.2, -0.15) is 0 Å². The third kappa shape index (κ3) is 5.30. The molecule has 0 saturated carbocycles.